The van der Waals surface area contributed by atoms with Crippen molar-refractivity contribution in [2.75, 3.05) is 12.3 Å². The lowest BCUT2D eigenvalue weighted by Crippen LogP contribution is -2.58. The zero-order chi connectivity index (χ0) is 38.8. The minimum atomic E-state index is -1.45. The van der Waals surface area contributed by atoms with Gasteiger partial charge in [-0.15, -0.1) is 0 Å². The molecule has 5 rings (SSSR count). The number of aromatic amines is 1. The van der Waals surface area contributed by atoms with Gasteiger partial charge in [-0.25, -0.2) is 4.79 Å². The Morgan fingerprint density at radius 1 is 0.741 bits per heavy atom. The van der Waals surface area contributed by atoms with Crippen molar-refractivity contribution in [2.45, 2.75) is 70.2 Å². The van der Waals surface area contributed by atoms with Crippen molar-refractivity contribution in [1.29, 1.82) is 0 Å². The second-order valence-corrected chi connectivity index (χ2v) is 14.2. The molecule has 0 spiro atoms. The number of aliphatic carboxylic acids is 1. The van der Waals surface area contributed by atoms with Crippen LogP contribution in [0, 0.1) is 0 Å². The quantitative estimate of drug-likeness (QED) is 0.0767. The third-order valence-corrected chi connectivity index (χ3v) is 8.70. The molecule has 0 radical (unpaired) electrons. The van der Waals surface area contributed by atoms with E-state index < -0.39 is 59.9 Å². The van der Waals surface area contributed by atoms with Crippen LogP contribution >= 0.6 is 0 Å². The first-order valence-corrected chi connectivity index (χ1v) is 17.7. The van der Waals surface area contributed by atoms with Gasteiger partial charge < -0.3 is 41.8 Å². The Bertz CT molecular complexity index is 2120. The van der Waals surface area contributed by atoms with Gasteiger partial charge in [0.05, 0.1) is 6.42 Å². The maximum Gasteiger partial charge on any atom is 0.408 e. The third kappa shape index (κ3) is 11.1. The molecule has 0 fully saturated rings. The number of nitrogens with one attached hydrogen (secondary N) is 5. The maximum absolute atomic E-state index is 14.2. The lowest BCUT2D eigenvalue weighted by molar-refractivity contribution is -0.141. The number of amides is 4. The highest BCUT2D eigenvalue weighted by atomic mass is 16.6. The van der Waals surface area contributed by atoms with E-state index in [0.717, 1.165) is 32.8 Å². The van der Waals surface area contributed by atoms with Crippen LogP contribution in [0.1, 0.15) is 43.9 Å². The van der Waals surface area contributed by atoms with Crippen LogP contribution in [0.4, 0.5) is 10.5 Å². The highest BCUT2D eigenvalue weighted by Crippen LogP contribution is 2.21. The Balaban J connectivity index is 1.39. The molecule has 0 saturated heterocycles. The summed E-state index contributed by atoms with van der Waals surface area (Å²) in [5, 5.41) is 23.1. The number of carboxylic acids is 1. The summed E-state index contributed by atoms with van der Waals surface area (Å²) in [4.78, 5) is 69.5. The second kappa shape index (κ2) is 17.4. The Kier molecular flexibility index (Phi) is 12.5. The Labute approximate surface area is 313 Å². The molecule has 1 aromatic heterocycles. The first kappa shape index (κ1) is 38.9. The minimum Gasteiger partial charge on any atom is -0.481 e. The van der Waals surface area contributed by atoms with Gasteiger partial charge in [0.15, 0.2) is 0 Å². The topological polar surface area (TPSA) is 205 Å². The van der Waals surface area contributed by atoms with Crippen molar-refractivity contribution < 1.29 is 33.8 Å². The average Bonchev–Trinajstić information content (AvgIpc) is 3.53. The molecule has 1 heterocycles. The number of nitrogens with two attached hydrogens (primary N) is 1. The van der Waals surface area contributed by atoms with Gasteiger partial charge in [-0.1, -0.05) is 72.8 Å². The van der Waals surface area contributed by atoms with Crippen LogP contribution in [-0.4, -0.2) is 70.1 Å². The minimum absolute atomic E-state index is 0.00675. The number of carbonyl (C=O) groups excluding carboxylic acids is 4. The summed E-state index contributed by atoms with van der Waals surface area (Å²) in [6, 6.07) is 24.0. The molecule has 5 aromatic rings. The number of hydrogen-bond acceptors (Lipinski definition) is 7. The van der Waals surface area contributed by atoms with Crippen LogP contribution in [0.15, 0.2) is 97.2 Å². The maximum atomic E-state index is 14.2. The molecule has 8 N–H and O–H groups in total. The van der Waals surface area contributed by atoms with Gasteiger partial charge in [-0.2, -0.15) is 0 Å². The molecule has 0 aliphatic rings. The molecule has 0 unspecified atom stereocenters. The fourth-order valence-corrected chi connectivity index (χ4v) is 6.06. The first-order chi connectivity index (χ1) is 25.7. The molecule has 0 aliphatic carbocycles. The van der Waals surface area contributed by atoms with Crippen LogP contribution < -0.4 is 27.0 Å². The summed E-state index contributed by atoms with van der Waals surface area (Å²) in [6.07, 6.45) is 0.728. The molecule has 54 heavy (non-hydrogen) atoms. The molecule has 13 nitrogen and oxygen atoms in total. The van der Waals surface area contributed by atoms with Crippen molar-refractivity contribution in [1.82, 2.24) is 26.3 Å². The van der Waals surface area contributed by atoms with Crippen molar-refractivity contribution in [3.05, 3.63) is 114 Å². The van der Waals surface area contributed by atoms with Gasteiger partial charge in [-0.05, 0) is 72.9 Å². The van der Waals surface area contributed by atoms with Gasteiger partial charge in [0, 0.05) is 42.2 Å². The van der Waals surface area contributed by atoms with Crippen molar-refractivity contribution >= 4 is 57.1 Å². The van der Waals surface area contributed by atoms with Crippen molar-refractivity contribution in [3.63, 3.8) is 0 Å². The predicted octanol–water partition coefficient (Wildman–Crippen LogP) is 4.39. The molecular weight excluding hydrogens is 688 g/mol. The summed E-state index contributed by atoms with van der Waals surface area (Å²) in [7, 11) is 0. The molecule has 282 valence electrons. The number of fused-ring (bicyclic) bond motifs is 2. The van der Waals surface area contributed by atoms with E-state index in [9.17, 15) is 29.1 Å². The monoisotopic (exact) mass is 734 g/mol. The molecule has 4 amide bonds. The second-order valence-electron chi connectivity index (χ2n) is 14.2. The van der Waals surface area contributed by atoms with E-state index in [-0.39, 0.29) is 19.4 Å². The van der Waals surface area contributed by atoms with Gasteiger partial charge in [-0.3, -0.25) is 19.2 Å². The Morgan fingerprint density at radius 2 is 1.37 bits per heavy atom. The number of carbonyl (C=O) groups is 5. The number of H-pyrrole nitrogens is 1. The van der Waals surface area contributed by atoms with Gasteiger partial charge >= 0.3 is 12.1 Å². The number of aromatic nitrogens is 1. The molecule has 0 bridgehead atoms. The number of rotatable bonds is 15. The average molecular weight is 735 g/mol. The highest BCUT2D eigenvalue weighted by Gasteiger charge is 2.32. The molecule has 0 aliphatic heterocycles. The van der Waals surface area contributed by atoms with Gasteiger partial charge in [0.25, 0.3) is 0 Å². The zero-order valence-corrected chi connectivity index (χ0v) is 30.5. The number of ether oxygens (including phenoxy) is 1. The van der Waals surface area contributed by atoms with E-state index in [0.29, 0.717) is 17.7 Å². The molecule has 13 heteroatoms. The normalized spacial score (nSPS) is 13.0. The van der Waals surface area contributed by atoms with E-state index in [1.165, 1.54) is 0 Å². The molecular formula is C41H46N6O7. The predicted molar refractivity (Wildman–Crippen MR) is 206 cm³/mol. The van der Waals surface area contributed by atoms with Crippen molar-refractivity contribution in [2.24, 2.45) is 0 Å². The van der Waals surface area contributed by atoms with Gasteiger partial charge in [0.1, 0.15) is 23.7 Å². The Morgan fingerprint density at radius 3 is 2.07 bits per heavy atom. The number of anilines is 1. The fourth-order valence-electron chi connectivity index (χ4n) is 6.06. The molecule has 0 saturated carbocycles. The van der Waals surface area contributed by atoms with E-state index >= 15 is 0 Å². The van der Waals surface area contributed by atoms with Crippen LogP contribution in [0.25, 0.3) is 21.7 Å². The van der Waals surface area contributed by atoms with Crippen molar-refractivity contribution in [3.8, 4) is 0 Å². The first-order valence-electron chi connectivity index (χ1n) is 17.7. The van der Waals surface area contributed by atoms with Crippen LogP contribution in [0.3, 0.4) is 0 Å². The number of alkyl carbamates (subject to hydrolysis) is 1. The Hall–Kier alpha value is -6.37. The van der Waals surface area contributed by atoms with Crippen LogP contribution in [0.5, 0.6) is 0 Å². The van der Waals surface area contributed by atoms with E-state index in [4.69, 9.17) is 10.5 Å². The number of hydrogen-bond donors (Lipinski definition) is 7. The zero-order valence-electron chi connectivity index (χ0n) is 30.5. The van der Waals surface area contributed by atoms with Gasteiger partial charge in [0.2, 0.25) is 17.7 Å². The van der Waals surface area contributed by atoms with Crippen LogP contribution in [-0.2, 0) is 43.2 Å². The summed E-state index contributed by atoms with van der Waals surface area (Å²) >= 11 is 0. The van der Waals surface area contributed by atoms with E-state index in [1.807, 2.05) is 78.9 Å². The summed E-state index contributed by atoms with van der Waals surface area (Å²) in [6.45, 7) is 5.28. The number of benzene rings is 4. The van der Waals surface area contributed by atoms with E-state index in [1.54, 1.807) is 39.1 Å². The summed E-state index contributed by atoms with van der Waals surface area (Å²) in [5.41, 5.74) is 8.70. The number of nitrogen functional groups attached to an aromatic ring is 1. The number of carboxylic acid groups (broad SMARTS) is 1. The molecule has 4 aromatic carbocycles. The number of para-hydroxylation sites is 1. The fraction of sp³-hybridized carbons (Fsp3) is 0.293. The smallest absolute Gasteiger partial charge is 0.408 e. The highest BCUT2D eigenvalue weighted by molar-refractivity contribution is 5.96. The largest absolute Gasteiger partial charge is 0.481 e. The SMILES string of the molecule is CC(C)(C)OC(=O)N[C@@H](Cc1c[nH]c2ccccc12)C(=O)N[C@@H](Cc1ccc2ccccc2c1)C(=O)N[C@@H](CC(=O)O)C(=O)NCCc1ccc(N)cc1. The van der Waals surface area contributed by atoms with Crippen LogP contribution in [0.2, 0.25) is 0 Å². The lowest BCUT2D eigenvalue weighted by Gasteiger charge is -2.26. The lowest BCUT2D eigenvalue weighted by atomic mass is 9.99. The summed E-state index contributed by atoms with van der Waals surface area (Å²) in [5.74, 6) is -3.46. The third-order valence-electron chi connectivity index (χ3n) is 8.70. The van der Waals surface area contributed by atoms with E-state index in [2.05, 4.69) is 26.3 Å². The summed E-state index contributed by atoms with van der Waals surface area (Å²) < 4.78 is 5.47. The standard InChI is InChI=1S/C41H46N6O7/c1-41(2,3)54-40(53)47-34(22-29-24-44-32-11-7-6-10-31(29)32)39(52)45-33(21-26-12-15-27-8-4-5-9-28(27)20-26)38(51)46-35(23-36(48)49)37(50)43-19-18-25-13-16-30(42)17-14-25/h4-17,20,24,33-35,44H,18-19,21-23,42H2,1-3H3,(H,43,50)(H,45,52)(H,46,51)(H,47,53)(H,48,49)/t33-,34-,35-/m0/s1. The molecule has 3 atom stereocenters.